The lowest BCUT2D eigenvalue weighted by Gasteiger charge is -2.31. The summed E-state index contributed by atoms with van der Waals surface area (Å²) in [6, 6.07) is 4.84. The Balaban J connectivity index is 2.38. The standard InChI is InChI=1S/C12H13F2NO2/c13-11(14)7-15-6-2-4-8-9(12(16)17)3-1-5-10(8)15/h1,3,5,11H,2,4,6-7H2,(H,16,17). The number of carbonyl (C=O) groups is 1. The number of alkyl halides is 2. The number of carboxylic acid groups (broad SMARTS) is 1. The number of hydrogen-bond donors (Lipinski definition) is 1. The molecule has 2 rings (SSSR count). The molecule has 0 atom stereocenters. The minimum absolute atomic E-state index is 0.224. The normalized spacial score (nSPS) is 14.9. The van der Waals surface area contributed by atoms with Crippen LogP contribution >= 0.6 is 0 Å². The fourth-order valence-corrected chi connectivity index (χ4v) is 2.26. The number of benzene rings is 1. The van der Waals surface area contributed by atoms with E-state index < -0.39 is 12.4 Å². The van der Waals surface area contributed by atoms with E-state index in [1.807, 2.05) is 0 Å². The summed E-state index contributed by atoms with van der Waals surface area (Å²) in [5.74, 6) is -0.999. The van der Waals surface area contributed by atoms with Crippen LogP contribution in [0.1, 0.15) is 22.3 Å². The van der Waals surface area contributed by atoms with Crippen molar-refractivity contribution in [3.05, 3.63) is 29.3 Å². The molecule has 0 spiro atoms. The summed E-state index contributed by atoms with van der Waals surface area (Å²) < 4.78 is 24.8. The van der Waals surface area contributed by atoms with E-state index in [1.165, 1.54) is 6.07 Å². The first-order chi connectivity index (χ1) is 8.09. The van der Waals surface area contributed by atoms with Gasteiger partial charge in [0.1, 0.15) is 0 Å². The van der Waals surface area contributed by atoms with E-state index >= 15 is 0 Å². The maximum Gasteiger partial charge on any atom is 0.336 e. The molecule has 0 saturated carbocycles. The molecule has 0 radical (unpaired) electrons. The molecule has 0 bridgehead atoms. The number of carboxylic acids is 1. The minimum Gasteiger partial charge on any atom is -0.478 e. The van der Waals surface area contributed by atoms with Gasteiger partial charge in [-0.1, -0.05) is 6.07 Å². The number of aromatic carboxylic acids is 1. The Morgan fingerprint density at radius 2 is 2.24 bits per heavy atom. The predicted octanol–water partition coefficient (Wildman–Crippen LogP) is 2.40. The topological polar surface area (TPSA) is 40.5 Å². The van der Waals surface area contributed by atoms with Gasteiger partial charge in [-0.25, -0.2) is 13.6 Å². The average Bonchev–Trinajstić information content (AvgIpc) is 2.28. The molecule has 0 amide bonds. The molecular formula is C12H13F2NO2. The summed E-state index contributed by atoms with van der Waals surface area (Å²) >= 11 is 0. The van der Waals surface area contributed by atoms with Gasteiger partial charge in [0, 0.05) is 12.2 Å². The summed E-state index contributed by atoms with van der Waals surface area (Å²) in [4.78, 5) is 12.6. The Hall–Kier alpha value is -1.65. The van der Waals surface area contributed by atoms with Crippen molar-refractivity contribution in [1.82, 2.24) is 0 Å². The molecule has 0 unspecified atom stereocenters. The zero-order chi connectivity index (χ0) is 12.4. The van der Waals surface area contributed by atoms with Gasteiger partial charge in [0.2, 0.25) is 0 Å². The molecule has 0 saturated heterocycles. The van der Waals surface area contributed by atoms with Gasteiger partial charge in [-0.2, -0.15) is 0 Å². The number of fused-ring (bicyclic) bond motifs is 1. The van der Waals surface area contributed by atoms with Crippen LogP contribution in [0.4, 0.5) is 14.5 Å². The van der Waals surface area contributed by atoms with E-state index in [4.69, 9.17) is 5.11 Å². The van der Waals surface area contributed by atoms with E-state index in [1.54, 1.807) is 17.0 Å². The van der Waals surface area contributed by atoms with Crippen molar-refractivity contribution in [3.63, 3.8) is 0 Å². The number of anilines is 1. The second-order valence-corrected chi connectivity index (χ2v) is 4.05. The fourth-order valence-electron chi connectivity index (χ4n) is 2.26. The summed E-state index contributed by atoms with van der Waals surface area (Å²) in [7, 11) is 0. The fraction of sp³-hybridized carbons (Fsp3) is 0.417. The van der Waals surface area contributed by atoms with E-state index in [2.05, 4.69) is 0 Å². The molecule has 0 aromatic heterocycles. The molecule has 1 N–H and O–H groups in total. The van der Waals surface area contributed by atoms with Crippen LogP contribution in [0.25, 0.3) is 0 Å². The predicted molar refractivity (Wildman–Crippen MR) is 59.9 cm³/mol. The van der Waals surface area contributed by atoms with E-state index in [9.17, 15) is 13.6 Å². The van der Waals surface area contributed by atoms with Gasteiger partial charge >= 0.3 is 5.97 Å². The van der Waals surface area contributed by atoms with Gasteiger partial charge in [-0.05, 0) is 30.5 Å². The second kappa shape index (κ2) is 4.69. The average molecular weight is 241 g/mol. The van der Waals surface area contributed by atoms with Crippen LogP contribution in [0.3, 0.4) is 0 Å². The highest BCUT2D eigenvalue weighted by atomic mass is 19.3. The van der Waals surface area contributed by atoms with Crippen molar-refractivity contribution in [2.24, 2.45) is 0 Å². The highest BCUT2D eigenvalue weighted by molar-refractivity contribution is 5.91. The summed E-state index contributed by atoms with van der Waals surface area (Å²) in [5, 5.41) is 9.04. The van der Waals surface area contributed by atoms with Gasteiger partial charge < -0.3 is 10.0 Å². The van der Waals surface area contributed by atoms with E-state index in [-0.39, 0.29) is 12.1 Å². The summed E-state index contributed by atoms with van der Waals surface area (Å²) in [6.07, 6.45) is -1.06. The minimum atomic E-state index is -2.41. The number of hydrogen-bond acceptors (Lipinski definition) is 2. The number of halogens is 2. The molecule has 5 heteroatoms. The van der Waals surface area contributed by atoms with Crippen molar-refractivity contribution in [2.45, 2.75) is 19.3 Å². The molecule has 17 heavy (non-hydrogen) atoms. The third-order valence-electron chi connectivity index (χ3n) is 2.94. The highest BCUT2D eigenvalue weighted by Crippen LogP contribution is 2.30. The van der Waals surface area contributed by atoms with Crippen LogP contribution in [0.15, 0.2) is 18.2 Å². The first-order valence-electron chi connectivity index (χ1n) is 5.48. The Morgan fingerprint density at radius 3 is 2.88 bits per heavy atom. The van der Waals surface area contributed by atoms with Crippen LogP contribution in [-0.2, 0) is 6.42 Å². The third kappa shape index (κ3) is 2.38. The van der Waals surface area contributed by atoms with Crippen molar-refractivity contribution >= 4 is 11.7 Å². The molecular weight excluding hydrogens is 228 g/mol. The van der Waals surface area contributed by atoms with Gasteiger partial charge in [-0.15, -0.1) is 0 Å². The summed E-state index contributed by atoms with van der Waals surface area (Å²) in [6.45, 7) is 0.219. The molecule has 0 aliphatic carbocycles. The second-order valence-electron chi connectivity index (χ2n) is 4.05. The summed E-state index contributed by atoms with van der Waals surface area (Å²) in [5.41, 5.74) is 1.53. The lowest BCUT2D eigenvalue weighted by Crippen LogP contribution is -2.34. The van der Waals surface area contributed by atoms with E-state index in [0.717, 1.165) is 0 Å². The maximum absolute atomic E-state index is 12.4. The zero-order valence-corrected chi connectivity index (χ0v) is 9.20. The molecule has 1 aromatic rings. The van der Waals surface area contributed by atoms with Gasteiger partial charge in [0.25, 0.3) is 6.43 Å². The Bertz CT molecular complexity index is 435. The molecule has 1 aliphatic rings. The quantitative estimate of drug-likeness (QED) is 0.883. The monoisotopic (exact) mass is 241 g/mol. The Labute approximate surface area is 97.7 Å². The van der Waals surface area contributed by atoms with Gasteiger partial charge in [-0.3, -0.25) is 0 Å². The van der Waals surface area contributed by atoms with Crippen LogP contribution in [0.2, 0.25) is 0 Å². The number of nitrogens with zero attached hydrogens (tertiary/aromatic N) is 1. The smallest absolute Gasteiger partial charge is 0.336 e. The van der Waals surface area contributed by atoms with Crippen molar-refractivity contribution < 1.29 is 18.7 Å². The van der Waals surface area contributed by atoms with Crippen LogP contribution in [-0.4, -0.2) is 30.6 Å². The molecule has 92 valence electrons. The zero-order valence-electron chi connectivity index (χ0n) is 9.20. The molecule has 1 aromatic carbocycles. The SMILES string of the molecule is O=C(O)c1cccc2c1CCCN2CC(F)F. The lowest BCUT2D eigenvalue weighted by molar-refractivity contribution is 0.0695. The van der Waals surface area contributed by atoms with Gasteiger partial charge in [0.15, 0.2) is 0 Å². The van der Waals surface area contributed by atoms with Crippen LogP contribution < -0.4 is 4.90 Å². The van der Waals surface area contributed by atoms with Crippen molar-refractivity contribution in [1.29, 1.82) is 0 Å². The number of rotatable bonds is 3. The van der Waals surface area contributed by atoms with Crippen molar-refractivity contribution in [2.75, 3.05) is 18.0 Å². The molecule has 3 nitrogen and oxygen atoms in total. The van der Waals surface area contributed by atoms with E-state index in [0.29, 0.717) is 30.6 Å². The molecule has 1 aliphatic heterocycles. The third-order valence-corrected chi connectivity index (χ3v) is 2.94. The molecule has 1 heterocycles. The Kier molecular flexibility index (Phi) is 3.26. The highest BCUT2D eigenvalue weighted by Gasteiger charge is 2.23. The Morgan fingerprint density at radius 1 is 1.47 bits per heavy atom. The first-order valence-corrected chi connectivity index (χ1v) is 5.48. The maximum atomic E-state index is 12.4. The largest absolute Gasteiger partial charge is 0.478 e. The van der Waals surface area contributed by atoms with Crippen LogP contribution in [0, 0.1) is 0 Å². The first kappa shape index (κ1) is 11.8. The van der Waals surface area contributed by atoms with Crippen LogP contribution in [0.5, 0.6) is 0 Å². The lowest BCUT2D eigenvalue weighted by atomic mass is 9.96. The van der Waals surface area contributed by atoms with Gasteiger partial charge in [0.05, 0.1) is 12.1 Å². The molecule has 0 fully saturated rings. The van der Waals surface area contributed by atoms with Crippen molar-refractivity contribution in [3.8, 4) is 0 Å².